The SMILES string of the molecule is Cc1cccc(N2CC(C)N(C)C(CCN)C2)c1C. The first-order valence-electron chi connectivity index (χ1n) is 7.27. The van der Waals surface area contributed by atoms with Gasteiger partial charge in [0.1, 0.15) is 0 Å². The van der Waals surface area contributed by atoms with E-state index in [2.05, 4.69) is 55.8 Å². The molecule has 1 aromatic carbocycles. The van der Waals surface area contributed by atoms with E-state index in [1.807, 2.05) is 0 Å². The Kier molecular flexibility index (Phi) is 4.48. The number of likely N-dealkylation sites (N-methyl/N-ethyl adjacent to an activating group) is 1. The van der Waals surface area contributed by atoms with E-state index in [0.717, 1.165) is 26.1 Å². The summed E-state index contributed by atoms with van der Waals surface area (Å²) in [5, 5.41) is 0. The average molecular weight is 261 g/mol. The highest BCUT2D eigenvalue weighted by molar-refractivity contribution is 5.56. The molecule has 0 spiro atoms. The Bertz CT molecular complexity index is 430. The number of aryl methyl sites for hydroxylation is 1. The normalized spacial score (nSPS) is 24.8. The highest BCUT2D eigenvalue weighted by Crippen LogP contribution is 2.27. The van der Waals surface area contributed by atoms with Gasteiger partial charge in [0, 0.05) is 30.9 Å². The van der Waals surface area contributed by atoms with E-state index in [4.69, 9.17) is 5.73 Å². The lowest BCUT2D eigenvalue weighted by Crippen LogP contribution is -2.56. The van der Waals surface area contributed by atoms with Crippen molar-refractivity contribution >= 4 is 5.69 Å². The van der Waals surface area contributed by atoms with Gasteiger partial charge in [-0.3, -0.25) is 4.90 Å². The number of anilines is 1. The topological polar surface area (TPSA) is 32.5 Å². The number of hydrogen-bond acceptors (Lipinski definition) is 3. The van der Waals surface area contributed by atoms with Crippen LogP contribution in [0.25, 0.3) is 0 Å². The summed E-state index contributed by atoms with van der Waals surface area (Å²) in [5.74, 6) is 0. The van der Waals surface area contributed by atoms with Crippen LogP contribution in [-0.2, 0) is 0 Å². The van der Waals surface area contributed by atoms with Gasteiger partial charge in [-0.25, -0.2) is 0 Å². The predicted octanol–water partition coefficient (Wildman–Crippen LogP) is 2.16. The molecule has 1 aliphatic heterocycles. The lowest BCUT2D eigenvalue weighted by molar-refractivity contribution is 0.152. The average Bonchev–Trinajstić information content (AvgIpc) is 2.38. The standard InChI is InChI=1S/C16H27N3/c1-12-6-5-7-16(14(12)3)19-10-13(2)18(4)15(11-19)8-9-17/h5-7,13,15H,8-11,17H2,1-4H3. The summed E-state index contributed by atoms with van der Waals surface area (Å²) < 4.78 is 0. The molecule has 2 unspecified atom stereocenters. The summed E-state index contributed by atoms with van der Waals surface area (Å²) in [6.45, 7) is 9.68. The summed E-state index contributed by atoms with van der Waals surface area (Å²) in [6.07, 6.45) is 1.07. The van der Waals surface area contributed by atoms with Crippen LogP contribution in [0.3, 0.4) is 0 Å². The van der Waals surface area contributed by atoms with Gasteiger partial charge in [0.05, 0.1) is 0 Å². The molecule has 0 saturated carbocycles. The molecule has 3 heteroatoms. The Morgan fingerprint density at radius 1 is 1.26 bits per heavy atom. The minimum absolute atomic E-state index is 0.564. The molecule has 0 aliphatic carbocycles. The summed E-state index contributed by atoms with van der Waals surface area (Å²) in [5.41, 5.74) is 9.93. The zero-order chi connectivity index (χ0) is 14.0. The van der Waals surface area contributed by atoms with Crippen LogP contribution in [0, 0.1) is 13.8 Å². The van der Waals surface area contributed by atoms with Crippen molar-refractivity contribution in [2.75, 3.05) is 31.6 Å². The summed E-state index contributed by atoms with van der Waals surface area (Å²) in [7, 11) is 2.23. The number of rotatable bonds is 3. The predicted molar refractivity (Wildman–Crippen MR) is 82.8 cm³/mol. The molecule has 2 atom stereocenters. The molecule has 0 aromatic heterocycles. The van der Waals surface area contributed by atoms with Gasteiger partial charge in [0.2, 0.25) is 0 Å². The third kappa shape index (κ3) is 2.93. The van der Waals surface area contributed by atoms with Gasteiger partial charge in [-0.15, -0.1) is 0 Å². The molecule has 0 amide bonds. The molecule has 106 valence electrons. The van der Waals surface area contributed by atoms with Gasteiger partial charge in [-0.05, 0) is 58.0 Å². The lowest BCUT2D eigenvalue weighted by atomic mass is 10.0. The van der Waals surface area contributed by atoms with E-state index >= 15 is 0 Å². The molecule has 0 radical (unpaired) electrons. The lowest BCUT2D eigenvalue weighted by Gasteiger charge is -2.45. The van der Waals surface area contributed by atoms with Crippen LogP contribution in [-0.4, -0.2) is 43.7 Å². The summed E-state index contributed by atoms with van der Waals surface area (Å²) in [6, 6.07) is 7.74. The largest absolute Gasteiger partial charge is 0.368 e. The minimum Gasteiger partial charge on any atom is -0.368 e. The number of piperazine rings is 1. The Morgan fingerprint density at radius 2 is 2.00 bits per heavy atom. The Morgan fingerprint density at radius 3 is 2.68 bits per heavy atom. The monoisotopic (exact) mass is 261 g/mol. The van der Waals surface area contributed by atoms with E-state index < -0.39 is 0 Å². The van der Waals surface area contributed by atoms with Gasteiger partial charge in [-0.2, -0.15) is 0 Å². The first-order valence-corrected chi connectivity index (χ1v) is 7.27. The second-order valence-electron chi connectivity index (χ2n) is 5.87. The van der Waals surface area contributed by atoms with Crippen molar-refractivity contribution in [3.63, 3.8) is 0 Å². The zero-order valence-corrected chi connectivity index (χ0v) is 12.7. The molecule has 2 N–H and O–H groups in total. The van der Waals surface area contributed by atoms with Crippen LogP contribution >= 0.6 is 0 Å². The van der Waals surface area contributed by atoms with E-state index in [1.54, 1.807) is 0 Å². The van der Waals surface area contributed by atoms with Crippen molar-refractivity contribution in [3.8, 4) is 0 Å². The fraction of sp³-hybridized carbons (Fsp3) is 0.625. The van der Waals surface area contributed by atoms with Gasteiger partial charge in [0.25, 0.3) is 0 Å². The maximum absolute atomic E-state index is 5.76. The molecular weight excluding hydrogens is 234 g/mol. The van der Waals surface area contributed by atoms with Crippen molar-refractivity contribution in [3.05, 3.63) is 29.3 Å². The number of hydrogen-bond donors (Lipinski definition) is 1. The summed E-state index contributed by atoms with van der Waals surface area (Å²) >= 11 is 0. The van der Waals surface area contributed by atoms with Gasteiger partial charge in [-0.1, -0.05) is 12.1 Å². The highest BCUT2D eigenvalue weighted by atomic mass is 15.3. The van der Waals surface area contributed by atoms with Gasteiger partial charge in [0.15, 0.2) is 0 Å². The quantitative estimate of drug-likeness (QED) is 0.905. The summed E-state index contributed by atoms with van der Waals surface area (Å²) in [4.78, 5) is 5.02. The first kappa shape index (κ1) is 14.4. The number of nitrogens with zero attached hydrogens (tertiary/aromatic N) is 2. The Balaban J connectivity index is 2.23. The second kappa shape index (κ2) is 5.93. The van der Waals surface area contributed by atoms with Crippen LogP contribution in [0.2, 0.25) is 0 Å². The molecule has 2 rings (SSSR count). The molecule has 1 aliphatic rings. The van der Waals surface area contributed by atoms with Crippen molar-refractivity contribution < 1.29 is 0 Å². The van der Waals surface area contributed by atoms with Crippen LogP contribution in [0.15, 0.2) is 18.2 Å². The number of nitrogens with two attached hydrogens (primary N) is 1. The van der Waals surface area contributed by atoms with Gasteiger partial charge >= 0.3 is 0 Å². The molecule has 1 aromatic rings. The Hall–Kier alpha value is -1.06. The third-order valence-electron chi connectivity index (χ3n) is 4.60. The van der Waals surface area contributed by atoms with E-state index in [0.29, 0.717) is 12.1 Å². The molecular formula is C16H27N3. The van der Waals surface area contributed by atoms with Crippen molar-refractivity contribution in [2.24, 2.45) is 5.73 Å². The number of benzene rings is 1. The van der Waals surface area contributed by atoms with E-state index in [-0.39, 0.29) is 0 Å². The second-order valence-corrected chi connectivity index (χ2v) is 5.87. The van der Waals surface area contributed by atoms with E-state index in [9.17, 15) is 0 Å². The minimum atomic E-state index is 0.564. The molecule has 1 heterocycles. The molecule has 3 nitrogen and oxygen atoms in total. The van der Waals surface area contributed by atoms with Crippen LogP contribution in [0.1, 0.15) is 24.5 Å². The molecule has 1 fully saturated rings. The van der Waals surface area contributed by atoms with Crippen LogP contribution in [0.4, 0.5) is 5.69 Å². The van der Waals surface area contributed by atoms with Crippen LogP contribution in [0.5, 0.6) is 0 Å². The molecule has 1 saturated heterocycles. The van der Waals surface area contributed by atoms with Gasteiger partial charge < -0.3 is 10.6 Å². The van der Waals surface area contributed by atoms with E-state index in [1.165, 1.54) is 16.8 Å². The fourth-order valence-electron chi connectivity index (χ4n) is 3.03. The maximum atomic E-state index is 5.76. The highest BCUT2D eigenvalue weighted by Gasteiger charge is 2.29. The third-order valence-corrected chi connectivity index (χ3v) is 4.60. The van der Waals surface area contributed by atoms with Crippen LogP contribution < -0.4 is 10.6 Å². The molecule has 19 heavy (non-hydrogen) atoms. The Labute approximate surface area is 117 Å². The maximum Gasteiger partial charge on any atom is 0.0399 e. The molecule has 0 bridgehead atoms. The smallest absolute Gasteiger partial charge is 0.0399 e. The van der Waals surface area contributed by atoms with Crippen molar-refractivity contribution in [1.82, 2.24) is 4.90 Å². The first-order chi connectivity index (χ1) is 9.04. The van der Waals surface area contributed by atoms with Crippen molar-refractivity contribution in [2.45, 2.75) is 39.3 Å². The zero-order valence-electron chi connectivity index (χ0n) is 12.7. The fourth-order valence-corrected chi connectivity index (χ4v) is 3.03. The van der Waals surface area contributed by atoms with Crippen molar-refractivity contribution in [1.29, 1.82) is 0 Å².